The fourth-order valence-corrected chi connectivity index (χ4v) is 4.05. The molecule has 0 unspecified atom stereocenters. The molecule has 0 radical (unpaired) electrons. The van der Waals surface area contributed by atoms with Crippen LogP contribution >= 0.6 is 24.0 Å². The molecule has 0 spiro atoms. The monoisotopic (exact) mass is 526 g/mol. The summed E-state index contributed by atoms with van der Waals surface area (Å²) < 4.78 is 7.76. The maximum atomic E-state index is 5.67. The van der Waals surface area contributed by atoms with E-state index in [1.54, 1.807) is 6.33 Å². The van der Waals surface area contributed by atoms with Crippen LogP contribution in [0.2, 0.25) is 0 Å². The highest BCUT2D eigenvalue weighted by atomic mass is 127. The van der Waals surface area contributed by atoms with Crippen LogP contribution in [0.15, 0.2) is 35.6 Å². The smallest absolute Gasteiger partial charge is 0.191 e. The van der Waals surface area contributed by atoms with Gasteiger partial charge in [0.2, 0.25) is 0 Å². The molecular weight excluding hydrogens is 491 g/mol. The van der Waals surface area contributed by atoms with Crippen LogP contribution in [0.1, 0.15) is 43.6 Å². The summed E-state index contributed by atoms with van der Waals surface area (Å²) in [5.74, 6) is 1.87. The Balaban J connectivity index is 0.00000320. The number of aliphatic imine (C=N–C) groups is 1. The van der Waals surface area contributed by atoms with Gasteiger partial charge in [-0.3, -0.25) is 4.99 Å². The van der Waals surface area contributed by atoms with Crippen LogP contribution in [-0.4, -0.2) is 53.6 Å². The van der Waals surface area contributed by atoms with Gasteiger partial charge in [-0.05, 0) is 37.8 Å². The number of aromatic nitrogens is 3. The fourth-order valence-electron chi connectivity index (χ4n) is 4.05. The summed E-state index contributed by atoms with van der Waals surface area (Å²) in [5.41, 5.74) is 2.78. The third-order valence-electron chi connectivity index (χ3n) is 5.71. The van der Waals surface area contributed by atoms with Crippen molar-refractivity contribution in [2.45, 2.75) is 52.0 Å². The Morgan fingerprint density at radius 1 is 1.20 bits per heavy atom. The lowest BCUT2D eigenvalue weighted by atomic mass is 9.72. The van der Waals surface area contributed by atoms with E-state index in [1.807, 2.05) is 0 Å². The Hall–Kier alpha value is -1.68. The molecule has 0 atom stereocenters. The molecule has 2 N–H and O–H groups in total. The largest absolute Gasteiger partial charge is 0.381 e. The minimum atomic E-state index is 0. The fraction of sp³-hybridized carbons (Fsp3) is 0.591. The van der Waals surface area contributed by atoms with Crippen molar-refractivity contribution in [1.82, 2.24) is 25.4 Å². The summed E-state index contributed by atoms with van der Waals surface area (Å²) in [5, 5.41) is 15.0. The minimum absolute atomic E-state index is 0. The van der Waals surface area contributed by atoms with Crippen LogP contribution in [-0.2, 0) is 23.1 Å². The van der Waals surface area contributed by atoms with Gasteiger partial charge in [-0.2, -0.15) is 0 Å². The second-order valence-corrected chi connectivity index (χ2v) is 7.62. The molecule has 0 saturated carbocycles. The number of nitrogens with zero attached hydrogens (tertiary/aromatic N) is 4. The Kier molecular flexibility index (Phi) is 10.0. The van der Waals surface area contributed by atoms with E-state index in [4.69, 9.17) is 9.73 Å². The first kappa shape index (κ1) is 24.6. The normalized spacial score (nSPS) is 16.0. The third-order valence-corrected chi connectivity index (χ3v) is 5.71. The van der Waals surface area contributed by atoms with Crippen molar-refractivity contribution in [2.24, 2.45) is 4.99 Å². The Bertz CT molecular complexity index is 800. The van der Waals surface area contributed by atoms with Crippen molar-refractivity contribution in [3.63, 3.8) is 0 Å². The van der Waals surface area contributed by atoms with Crippen molar-refractivity contribution >= 4 is 29.9 Å². The molecule has 1 aliphatic heterocycles. The number of guanidine groups is 1. The van der Waals surface area contributed by atoms with Gasteiger partial charge in [0.25, 0.3) is 0 Å². The number of halogens is 1. The summed E-state index contributed by atoms with van der Waals surface area (Å²) in [6.07, 6.45) is 4.68. The SMILES string of the molecule is CCNC(=NCC1(c2ccccc2C)CCOCC1)NCCn1cnnc1CC.I. The van der Waals surface area contributed by atoms with E-state index in [9.17, 15) is 0 Å². The average Bonchev–Trinajstić information content (AvgIpc) is 3.20. The molecule has 0 bridgehead atoms. The van der Waals surface area contributed by atoms with Gasteiger partial charge in [-0.1, -0.05) is 31.2 Å². The molecule has 3 rings (SSSR count). The van der Waals surface area contributed by atoms with Crippen molar-refractivity contribution in [3.8, 4) is 0 Å². The molecule has 1 aromatic heterocycles. The van der Waals surface area contributed by atoms with E-state index in [0.717, 1.165) is 70.4 Å². The number of aryl methyl sites for hydroxylation is 2. The second kappa shape index (κ2) is 12.2. The van der Waals surface area contributed by atoms with Gasteiger partial charge in [-0.25, -0.2) is 0 Å². The maximum Gasteiger partial charge on any atom is 0.191 e. The van der Waals surface area contributed by atoms with Crippen molar-refractivity contribution in [3.05, 3.63) is 47.5 Å². The van der Waals surface area contributed by atoms with Crippen molar-refractivity contribution in [1.29, 1.82) is 0 Å². The van der Waals surface area contributed by atoms with Gasteiger partial charge < -0.3 is 19.9 Å². The van der Waals surface area contributed by atoms with Crippen LogP contribution in [0.3, 0.4) is 0 Å². The first-order chi connectivity index (χ1) is 14.2. The summed E-state index contributed by atoms with van der Waals surface area (Å²) in [6, 6.07) is 8.70. The van der Waals surface area contributed by atoms with Gasteiger partial charge in [0.05, 0.1) is 6.54 Å². The second-order valence-electron chi connectivity index (χ2n) is 7.62. The van der Waals surface area contributed by atoms with Crippen LogP contribution in [0.25, 0.3) is 0 Å². The van der Waals surface area contributed by atoms with Gasteiger partial charge >= 0.3 is 0 Å². The highest BCUT2D eigenvalue weighted by molar-refractivity contribution is 14.0. The lowest BCUT2D eigenvalue weighted by Gasteiger charge is -2.37. The first-order valence-electron chi connectivity index (χ1n) is 10.7. The summed E-state index contributed by atoms with van der Waals surface area (Å²) in [7, 11) is 0. The molecule has 8 heteroatoms. The van der Waals surface area contributed by atoms with E-state index in [0.29, 0.717) is 0 Å². The molecule has 166 valence electrons. The van der Waals surface area contributed by atoms with E-state index >= 15 is 0 Å². The zero-order chi connectivity index (χ0) is 20.5. The Morgan fingerprint density at radius 2 is 1.97 bits per heavy atom. The number of benzene rings is 1. The van der Waals surface area contributed by atoms with Gasteiger partial charge in [-0.15, -0.1) is 34.2 Å². The highest BCUT2D eigenvalue weighted by Gasteiger charge is 2.35. The van der Waals surface area contributed by atoms with E-state index in [2.05, 4.69) is 70.4 Å². The standard InChI is InChI=1S/C22H34N6O.HI/c1-4-20-27-26-17-28(20)13-12-24-21(23-5-2)25-16-22(10-14-29-15-11-22)19-9-7-6-8-18(19)3;/h6-9,17H,4-5,10-16H2,1-3H3,(H2,23,24,25);1H. The van der Waals surface area contributed by atoms with Crippen LogP contribution < -0.4 is 10.6 Å². The van der Waals surface area contributed by atoms with Crippen LogP contribution in [0.4, 0.5) is 0 Å². The lowest BCUT2D eigenvalue weighted by Crippen LogP contribution is -2.42. The van der Waals surface area contributed by atoms with E-state index in [-0.39, 0.29) is 29.4 Å². The number of rotatable bonds is 8. The molecule has 1 aromatic carbocycles. The molecule has 30 heavy (non-hydrogen) atoms. The number of hydrogen-bond acceptors (Lipinski definition) is 4. The molecule has 1 aliphatic rings. The minimum Gasteiger partial charge on any atom is -0.381 e. The lowest BCUT2D eigenvalue weighted by molar-refractivity contribution is 0.0529. The molecule has 7 nitrogen and oxygen atoms in total. The van der Waals surface area contributed by atoms with Crippen molar-refractivity contribution in [2.75, 3.05) is 32.8 Å². The predicted molar refractivity (Wildman–Crippen MR) is 132 cm³/mol. The summed E-state index contributed by atoms with van der Waals surface area (Å²) >= 11 is 0. The quantitative estimate of drug-likeness (QED) is 0.314. The summed E-state index contributed by atoms with van der Waals surface area (Å²) in [6.45, 7) is 11.2. The Morgan fingerprint density at radius 3 is 2.67 bits per heavy atom. The van der Waals surface area contributed by atoms with Crippen LogP contribution in [0, 0.1) is 6.92 Å². The molecule has 1 fully saturated rings. The third kappa shape index (κ3) is 6.16. The molecular formula is C22H35IN6O. The molecule has 0 aliphatic carbocycles. The average molecular weight is 526 g/mol. The first-order valence-corrected chi connectivity index (χ1v) is 10.7. The van der Waals surface area contributed by atoms with Gasteiger partial charge in [0.1, 0.15) is 12.2 Å². The molecule has 2 aromatic rings. The van der Waals surface area contributed by atoms with Crippen molar-refractivity contribution < 1.29 is 4.74 Å². The van der Waals surface area contributed by atoms with Crippen LogP contribution in [0.5, 0.6) is 0 Å². The topological polar surface area (TPSA) is 76.4 Å². The zero-order valence-corrected chi connectivity index (χ0v) is 20.7. The molecule has 1 saturated heterocycles. The van der Waals surface area contributed by atoms with E-state index in [1.165, 1.54) is 11.1 Å². The maximum absolute atomic E-state index is 5.67. The molecule has 0 amide bonds. The van der Waals surface area contributed by atoms with Gasteiger partial charge in [0, 0.05) is 44.7 Å². The predicted octanol–water partition coefficient (Wildman–Crippen LogP) is 3.07. The zero-order valence-electron chi connectivity index (χ0n) is 18.4. The van der Waals surface area contributed by atoms with Gasteiger partial charge in [0.15, 0.2) is 5.96 Å². The number of hydrogen-bond donors (Lipinski definition) is 2. The van der Waals surface area contributed by atoms with E-state index < -0.39 is 0 Å². The number of ether oxygens (including phenoxy) is 1. The summed E-state index contributed by atoms with van der Waals surface area (Å²) in [4.78, 5) is 4.99. The Labute approximate surface area is 197 Å². The number of nitrogens with one attached hydrogen (secondary N) is 2. The molecule has 2 heterocycles. The highest BCUT2D eigenvalue weighted by Crippen LogP contribution is 2.37.